The maximum atomic E-state index is 12.3. The van der Waals surface area contributed by atoms with Gasteiger partial charge >= 0.3 is 6.03 Å². The van der Waals surface area contributed by atoms with Gasteiger partial charge < -0.3 is 20.3 Å². The third-order valence-corrected chi connectivity index (χ3v) is 5.35. The van der Waals surface area contributed by atoms with Gasteiger partial charge in [0.25, 0.3) is 0 Å². The van der Waals surface area contributed by atoms with Crippen molar-refractivity contribution in [3.05, 3.63) is 59.5 Å². The second kappa shape index (κ2) is 8.88. The molecule has 2 aromatic carbocycles. The van der Waals surface area contributed by atoms with Crippen LogP contribution in [0, 0.1) is 0 Å². The SMILES string of the molecule is CCOc1ccc(NC(=O)NCC(c2csc3ccccc23)N(C)C)cc1. The first kappa shape index (κ1) is 19.2. The second-order valence-corrected chi connectivity index (χ2v) is 7.37. The van der Waals surface area contributed by atoms with Crippen LogP contribution < -0.4 is 15.4 Å². The Labute approximate surface area is 163 Å². The van der Waals surface area contributed by atoms with E-state index in [2.05, 4.69) is 45.2 Å². The number of nitrogens with zero attached hydrogens (tertiary/aromatic N) is 1. The van der Waals surface area contributed by atoms with Crippen molar-refractivity contribution in [1.82, 2.24) is 10.2 Å². The second-order valence-electron chi connectivity index (χ2n) is 6.46. The lowest BCUT2D eigenvalue weighted by molar-refractivity contribution is 0.243. The Morgan fingerprint density at radius 1 is 1.15 bits per heavy atom. The Morgan fingerprint density at radius 2 is 1.89 bits per heavy atom. The highest BCUT2D eigenvalue weighted by Gasteiger charge is 2.19. The lowest BCUT2D eigenvalue weighted by Crippen LogP contribution is -2.36. The summed E-state index contributed by atoms with van der Waals surface area (Å²) >= 11 is 1.73. The van der Waals surface area contributed by atoms with Gasteiger partial charge in [0.05, 0.1) is 12.6 Å². The number of rotatable bonds is 7. The Bertz CT molecular complexity index is 890. The number of urea groups is 1. The summed E-state index contributed by atoms with van der Waals surface area (Å²) in [5, 5.41) is 9.28. The van der Waals surface area contributed by atoms with Crippen molar-refractivity contribution < 1.29 is 9.53 Å². The summed E-state index contributed by atoms with van der Waals surface area (Å²) in [6.07, 6.45) is 0. The van der Waals surface area contributed by atoms with Gasteiger partial charge in [0.15, 0.2) is 0 Å². The summed E-state index contributed by atoms with van der Waals surface area (Å²) in [5.74, 6) is 0.792. The highest BCUT2D eigenvalue weighted by Crippen LogP contribution is 2.32. The van der Waals surface area contributed by atoms with Crippen LogP contribution in [-0.2, 0) is 0 Å². The molecule has 0 aliphatic carbocycles. The number of thiophene rings is 1. The van der Waals surface area contributed by atoms with Crippen LogP contribution in [0.4, 0.5) is 10.5 Å². The van der Waals surface area contributed by atoms with Gasteiger partial charge in [0.2, 0.25) is 0 Å². The van der Waals surface area contributed by atoms with E-state index in [0.29, 0.717) is 13.2 Å². The number of fused-ring (bicyclic) bond motifs is 1. The first-order valence-electron chi connectivity index (χ1n) is 8.98. The molecule has 27 heavy (non-hydrogen) atoms. The highest BCUT2D eigenvalue weighted by atomic mass is 32.1. The van der Waals surface area contributed by atoms with Crippen molar-refractivity contribution in [3.8, 4) is 5.75 Å². The van der Waals surface area contributed by atoms with Gasteiger partial charge in [-0.3, -0.25) is 0 Å². The van der Waals surface area contributed by atoms with Crippen LogP contribution in [0.25, 0.3) is 10.1 Å². The molecule has 1 heterocycles. The van der Waals surface area contributed by atoms with Crippen molar-refractivity contribution in [2.45, 2.75) is 13.0 Å². The smallest absolute Gasteiger partial charge is 0.319 e. The van der Waals surface area contributed by atoms with Crippen molar-refractivity contribution in [1.29, 1.82) is 0 Å². The topological polar surface area (TPSA) is 53.6 Å². The maximum Gasteiger partial charge on any atom is 0.319 e. The molecular weight excluding hydrogens is 358 g/mol. The number of benzene rings is 2. The fourth-order valence-corrected chi connectivity index (χ4v) is 4.00. The predicted octanol–water partition coefficient (Wildman–Crippen LogP) is 4.72. The van der Waals surface area contributed by atoms with Crippen LogP contribution >= 0.6 is 11.3 Å². The van der Waals surface area contributed by atoms with Gasteiger partial charge in [0.1, 0.15) is 5.75 Å². The van der Waals surface area contributed by atoms with E-state index in [9.17, 15) is 4.79 Å². The molecule has 1 atom stereocenters. The quantitative estimate of drug-likeness (QED) is 0.620. The summed E-state index contributed by atoms with van der Waals surface area (Å²) in [5.41, 5.74) is 1.97. The lowest BCUT2D eigenvalue weighted by Gasteiger charge is -2.24. The number of ether oxygens (including phenoxy) is 1. The molecule has 6 heteroatoms. The molecule has 0 bridgehead atoms. The molecule has 3 aromatic rings. The average Bonchev–Trinajstić information content (AvgIpc) is 3.07. The largest absolute Gasteiger partial charge is 0.494 e. The number of hydrogen-bond acceptors (Lipinski definition) is 4. The predicted molar refractivity (Wildman–Crippen MR) is 113 cm³/mol. The van der Waals surface area contributed by atoms with E-state index < -0.39 is 0 Å². The zero-order valence-electron chi connectivity index (χ0n) is 15.9. The maximum absolute atomic E-state index is 12.3. The van der Waals surface area contributed by atoms with Gasteiger partial charge in [0, 0.05) is 16.9 Å². The first-order chi connectivity index (χ1) is 13.1. The minimum atomic E-state index is -0.217. The van der Waals surface area contributed by atoms with Crippen molar-refractivity contribution in [2.75, 3.05) is 32.6 Å². The molecular formula is C21H25N3O2S. The summed E-state index contributed by atoms with van der Waals surface area (Å²) < 4.78 is 6.68. The minimum absolute atomic E-state index is 0.104. The molecule has 2 amide bonds. The molecule has 142 valence electrons. The fourth-order valence-electron chi connectivity index (χ4n) is 2.99. The number of carbonyl (C=O) groups is 1. The summed E-state index contributed by atoms with van der Waals surface area (Å²) in [6, 6.07) is 15.6. The van der Waals surface area contributed by atoms with Gasteiger partial charge in [-0.05, 0) is 67.7 Å². The molecule has 2 N–H and O–H groups in total. The minimum Gasteiger partial charge on any atom is -0.494 e. The molecule has 0 aliphatic rings. The molecule has 1 aromatic heterocycles. The number of hydrogen-bond donors (Lipinski definition) is 2. The molecule has 0 radical (unpaired) electrons. The van der Waals surface area contributed by atoms with E-state index in [0.717, 1.165) is 11.4 Å². The summed E-state index contributed by atoms with van der Waals surface area (Å²) in [7, 11) is 4.06. The van der Waals surface area contributed by atoms with Crippen LogP contribution in [0.3, 0.4) is 0 Å². The lowest BCUT2D eigenvalue weighted by atomic mass is 10.0. The number of amides is 2. The number of anilines is 1. The molecule has 0 saturated heterocycles. The van der Waals surface area contributed by atoms with Crippen LogP contribution in [0.2, 0.25) is 0 Å². The van der Waals surface area contributed by atoms with Crippen molar-refractivity contribution in [3.63, 3.8) is 0 Å². The van der Waals surface area contributed by atoms with Crippen LogP contribution in [-0.4, -0.2) is 38.2 Å². The normalized spacial score (nSPS) is 12.1. The third kappa shape index (κ3) is 4.78. The van der Waals surface area contributed by atoms with Crippen molar-refractivity contribution >= 4 is 33.1 Å². The Hall–Kier alpha value is -2.57. The van der Waals surface area contributed by atoms with E-state index in [-0.39, 0.29) is 12.1 Å². The van der Waals surface area contributed by atoms with E-state index >= 15 is 0 Å². The molecule has 1 unspecified atom stereocenters. The Morgan fingerprint density at radius 3 is 2.59 bits per heavy atom. The zero-order valence-corrected chi connectivity index (χ0v) is 16.7. The highest BCUT2D eigenvalue weighted by molar-refractivity contribution is 7.17. The van der Waals surface area contributed by atoms with Crippen LogP contribution in [0.15, 0.2) is 53.9 Å². The van der Waals surface area contributed by atoms with Gasteiger partial charge in [-0.15, -0.1) is 11.3 Å². The molecule has 5 nitrogen and oxygen atoms in total. The Kier molecular flexibility index (Phi) is 6.32. The van der Waals surface area contributed by atoms with E-state index in [4.69, 9.17) is 4.74 Å². The summed E-state index contributed by atoms with van der Waals surface area (Å²) in [6.45, 7) is 3.09. The number of carbonyl (C=O) groups excluding carboxylic acids is 1. The summed E-state index contributed by atoms with van der Waals surface area (Å²) in [4.78, 5) is 14.4. The number of likely N-dealkylation sites (N-methyl/N-ethyl adjacent to an activating group) is 1. The molecule has 0 aliphatic heterocycles. The van der Waals surface area contributed by atoms with E-state index in [1.54, 1.807) is 11.3 Å². The first-order valence-corrected chi connectivity index (χ1v) is 9.86. The molecule has 0 spiro atoms. The third-order valence-electron chi connectivity index (χ3n) is 4.37. The standard InChI is InChI=1S/C21H25N3O2S/c1-4-26-16-11-9-15(10-12-16)23-21(25)22-13-19(24(2)3)18-14-27-20-8-6-5-7-17(18)20/h5-12,14,19H,4,13H2,1-3H3,(H2,22,23,25). The molecule has 0 fully saturated rings. The average molecular weight is 384 g/mol. The van der Waals surface area contributed by atoms with E-state index in [1.165, 1.54) is 15.6 Å². The van der Waals surface area contributed by atoms with Gasteiger partial charge in [-0.1, -0.05) is 18.2 Å². The monoisotopic (exact) mass is 383 g/mol. The van der Waals surface area contributed by atoms with Crippen LogP contribution in [0.1, 0.15) is 18.5 Å². The molecule has 0 saturated carbocycles. The van der Waals surface area contributed by atoms with Crippen LogP contribution in [0.5, 0.6) is 5.75 Å². The zero-order chi connectivity index (χ0) is 19.2. The fraction of sp³-hybridized carbons (Fsp3) is 0.286. The molecule has 3 rings (SSSR count). The van der Waals surface area contributed by atoms with E-state index in [1.807, 2.05) is 45.3 Å². The Balaban J connectivity index is 1.63. The van der Waals surface area contributed by atoms with Gasteiger partial charge in [-0.25, -0.2) is 4.79 Å². The number of nitrogens with one attached hydrogen (secondary N) is 2. The van der Waals surface area contributed by atoms with Gasteiger partial charge in [-0.2, -0.15) is 0 Å². The van der Waals surface area contributed by atoms with Crippen molar-refractivity contribution in [2.24, 2.45) is 0 Å².